The number of benzene rings is 2. The van der Waals surface area contributed by atoms with Crippen molar-refractivity contribution >= 4 is 35.1 Å². The molecule has 2 aliphatic rings. The largest absolute Gasteiger partial charge is 0.490 e. The molecule has 39 heavy (non-hydrogen) atoms. The second-order valence-corrected chi connectivity index (χ2v) is 9.76. The van der Waals surface area contributed by atoms with E-state index in [-0.39, 0.29) is 24.4 Å². The molecule has 9 nitrogen and oxygen atoms in total. The van der Waals surface area contributed by atoms with Gasteiger partial charge in [0.2, 0.25) is 0 Å². The molecule has 0 radical (unpaired) electrons. The third-order valence-corrected chi connectivity index (χ3v) is 6.78. The van der Waals surface area contributed by atoms with Gasteiger partial charge >= 0.3 is 18.1 Å². The number of likely N-dealkylation sites (tertiary alicyclic amines) is 1. The van der Waals surface area contributed by atoms with Gasteiger partial charge in [-0.2, -0.15) is 13.2 Å². The first kappa shape index (κ1) is 30.2. The van der Waals surface area contributed by atoms with Crippen LogP contribution in [-0.2, 0) is 16.0 Å². The van der Waals surface area contributed by atoms with Crippen molar-refractivity contribution in [2.75, 3.05) is 31.1 Å². The molecule has 2 aromatic rings. The van der Waals surface area contributed by atoms with Gasteiger partial charge in [0.1, 0.15) is 0 Å². The van der Waals surface area contributed by atoms with Crippen molar-refractivity contribution in [3.8, 4) is 0 Å². The molecule has 4 rings (SSSR count). The number of aliphatic hydroxyl groups excluding tert-OH is 1. The van der Waals surface area contributed by atoms with Crippen molar-refractivity contribution < 1.29 is 42.9 Å². The number of aliphatic carboxylic acids is 2. The SMILES string of the molecule is O=C(O)C(F)(F)F.O=C(O)Cc1ccccc1N1C[C@@H](O)[C@H](NC2CCN(C(=O)c3ccc(Cl)cc3)CC2)C1. The molecule has 0 spiro atoms. The summed E-state index contributed by atoms with van der Waals surface area (Å²) >= 11 is 5.91. The molecule has 212 valence electrons. The monoisotopic (exact) mass is 571 g/mol. The second kappa shape index (κ2) is 13.1. The molecule has 2 aromatic carbocycles. The number of carboxylic acids is 2. The highest BCUT2D eigenvalue weighted by molar-refractivity contribution is 6.30. The van der Waals surface area contributed by atoms with Gasteiger partial charge in [0.15, 0.2) is 0 Å². The molecular formula is C26H29ClF3N3O6. The lowest BCUT2D eigenvalue weighted by atomic mass is 10.0. The van der Waals surface area contributed by atoms with Crippen LogP contribution in [0.5, 0.6) is 0 Å². The predicted octanol–water partition coefficient (Wildman–Crippen LogP) is 3.04. The van der Waals surface area contributed by atoms with E-state index in [2.05, 4.69) is 10.2 Å². The third-order valence-electron chi connectivity index (χ3n) is 6.53. The first-order valence-corrected chi connectivity index (χ1v) is 12.6. The average molecular weight is 572 g/mol. The van der Waals surface area contributed by atoms with E-state index in [1.165, 1.54) is 0 Å². The Morgan fingerprint density at radius 3 is 2.13 bits per heavy atom. The molecular weight excluding hydrogens is 543 g/mol. The quantitative estimate of drug-likeness (QED) is 0.416. The van der Waals surface area contributed by atoms with Gasteiger partial charge in [0.25, 0.3) is 5.91 Å². The Kier molecular flexibility index (Phi) is 10.2. The maximum atomic E-state index is 12.7. The number of hydrogen-bond donors (Lipinski definition) is 4. The van der Waals surface area contributed by atoms with Gasteiger partial charge in [0.05, 0.1) is 18.6 Å². The summed E-state index contributed by atoms with van der Waals surface area (Å²) in [5, 5.41) is 31.1. The Balaban J connectivity index is 0.000000532. The molecule has 0 aliphatic carbocycles. The second-order valence-electron chi connectivity index (χ2n) is 9.32. The molecule has 2 aliphatic heterocycles. The Labute approximate surface area is 227 Å². The molecule has 2 atom stereocenters. The normalized spacial score (nSPS) is 19.8. The van der Waals surface area contributed by atoms with Gasteiger partial charge in [0, 0.05) is 48.5 Å². The van der Waals surface area contributed by atoms with Crippen LogP contribution in [0.15, 0.2) is 48.5 Å². The number of β-amino-alcohol motifs (C(OH)–C–C–N with tert-alkyl or cyclic N) is 1. The van der Waals surface area contributed by atoms with E-state index in [9.17, 15) is 33.0 Å². The Morgan fingerprint density at radius 2 is 1.56 bits per heavy atom. The lowest BCUT2D eigenvalue weighted by Gasteiger charge is -2.34. The number of para-hydroxylation sites is 1. The van der Waals surface area contributed by atoms with Gasteiger partial charge in [-0.3, -0.25) is 9.59 Å². The average Bonchev–Trinajstić information content (AvgIpc) is 3.24. The number of alkyl halides is 3. The van der Waals surface area contributed by atoms with Gasteiger partial charge in [-0.25, -0.2) is 4.79 Å². The van der Waals surface area contributed by atoms with Crippen LogP contribution in [0.2, 0.25) is 5.02 Å². The minimum atomic E-state index is -5.08. The number of piperidine rings is 1. The maximum absolute atomic E-state index is 12.7. The van der Waals surface area contributed by atoms with E-state index in [1.807, 2.05) is 29.2 Å². The summed E-state index contributed by atoms with van der Waals surface area (Å²) in [7, 11) is 0. The number of carboxylic acid groups (broad SMARTS) is 2. The topological polar surface area (TPSA) is 130 Å². The summed E-state index contributed by atoms with van der Waals surface area (Å²) in [4.78, 5) is 36.7. The van der Waals surface area contributed by atoms with E-state index in [1.54, 1.807) is 24.3 Å². The number of nitrogens with zero attached hydrogens (tertiary/aromatic N) is 2. The van der Waals surface area contributed by atoms with Crippen LogP contribution in [0.25, 0.3) is 0 Å². The van der Waals surface area contributed by atoms with Crippen molar-refractivity contribution in [1.29, 1.82) is 0 Å². The minimum absolute atomic E-state index is 0.0160. The van der Waals surface area contributed by atoms with Crippen LogP contribution in [0, 0.1) is 0 Å². The highest BCUT2D eigenvalue weighted by atomic mass is 35.5. The lowest BCUT2D eigenvalue weighted by Crippen LogP contribution is -2.50. The molecule has 4 N–H and O–H groups in total. The van der Waals surface area contributed by atoms with E-state index < -0.39 is 24.2 Å². The number of nitrogens with one attached hydrogen (secondary N) is 1. The number of anilines is 1. The number of aliphatic hydroxyl groups is 1. The lowest BCUT2D eigenvalue weighted by molar-refractivity contribution is -0.192. The summed E-state index contributed by atoms with van der Waals surface area (Å²) in [6.45, 7) is 2.39. The van der Waals surface area contributed by atoms with Crippen molar-refractivity contribution in [3.63, 3.8) is 0 Å². The van der Waals surface area contributed by atoms with E-state index in [0.717, 1.165) is 24.1 Å². The summed E-state index contributed by atoms with van der Waals surface area (Å²) in [5.41, 5.74) is 2.26. The smallest absolute Gasteiger partial charge is 0.481 e. The third kappa shape index (κ3) is 8.57. The van der Waals surface area contributed by atoms with Crippen LogP contribution in [0.4, 0.5) is 18.9 Å². The zero-order valence-corrected chi connectivity index (χ0v) is 21.5. The van der Waals surface area contributed by atoms with Gasteiger partial charge in [-0.15, -0.1) is 0 Å². The standard InChI is InChI=1S/C24H28ClN3O4.C2HF3O2/c25-18-7-5-16(6-8-18)24(32)27-11-9-19(10-12-27)26-20-14-28(15-22(20)29)21-4-2-1-3-17(21)13-23(30)31;3-2(4,5)1(6)7/h1-8,19-20,22,26,29H,9-15H2,(H,30,31);(H,6,7)/t20-,22-;/m1./s1. The molecule has 0 aromatic heterocycles. The number of amides is 1. The van der Waals surface area contributed by atoms with Crippen molar-refractivity contribution in [3.05, 3.63) is 64.7 Å². The number of carbonyl (C=O) groups excluding carboxylic acids is 1. The molecule has 0 bridgehead atoms. The van der Waals surface area contributed by atoms with Crippen molar-refractivity contribution in [2.45, 2.75) is 43.6 Å². The van der Waals surface area contributed by atoms with Crippen molar-refractivity contribution in [2.24, 2.45) is 0 Å². The van der Waals surface area contributed by atoms with E-state index in [0.29, 0.717) is 36.8 Å². The van der Waals surface area contributed by atoms with E-state index in [4.69, 9.17) is 21.5 Å². The molecule has 2 heterocycles. The van der Waals surface area contributed by atoms with Crippen LogP contribution in [0.3, 0.4) is 0 Å². The number of hydrogen-bond acceptors (Lipinski definition) is 6. The Morgan fingerprint density at radius 1 is 0.974 bits per heavy atom. The highest BCUT2D eigenvalue weighted by Gasteiger charge is 2.38. The first-order chi connectivity index (χ1) is 18.3. The molecule has 2 fully saturated rings. The molecule has 1 amide bonds. The molecule has 13 heteroatoms. The number of halogens is 4. The van der Waals surface area contributed by atoms with Gasteiger partial charge in [-0.05, 0) is 48.7 Å². The fraction of sp³-hybridized carbons (Fsp3) is 0.423. The summed E-state index contributed by atoms with van der Waals surface area (Å²) in [6, 6.07) is 14.5. The summed E-state index contributed by atoms with van der Waals surface area (Å²) in [5.74, 6) is -3.61. The molecule has 2 saturated heterocycles. The number of carbonyl (C=O) groups is 3. The minimum Gasteiger partial charge on any atom is -0.481 e. The summed E-state index contributed by atoms with van der Waals surface area (Å²) < 4.78 is 31.7. The molecule has 0 saturated carbocycles. The maximum Gasteiger partial charge on any atom is 0.490 e. The van der Waals surface area contributed by atoms with E-state index >= 15 is 0 Å². The Hall–Kier alpha value is -3.35. The van der Waals surface area contributed by atoms with Crippen molar-refractivity contribution in [1.82, 2.24) is 10.2 Å². The van der Waals surface area contributed by atoms with Gasteiger partial charge < -0.3 is 30.4 Å². The molecule has 0 unspecified atom stereocenters. The van der Waals surface area contributed by atoms with Crippen LogP contribution < -0.4 is 10.2 Å². The Bertz CT molecular complexity index is 1160. The van der Waals surface area contributed by atoms with Crippen LogP contribution in [0.1, 0.15) is 28.8 Å². The van der Waals surface area contributed by atoms with Crippen LogP contribution >= 0.6 is 11.6 Å². The summed E-state index contributed by atoms with van der Waals surface area (Å²) in [6.07, 6.45) is -4.03. The first-order valence-electron chi connectivity index (χ1n) is 12.2. The fourth-order valence-corrected chi connectivity index (χ4v) is 4.73. The number of rotatable bonds is 6. The zero-order chi connectivity index (χ0) is 28.7. The predicted molar refractivity (Wildman–Crippen MR) is 137 cm³/mol. The zero-order valence-electron chi connectivity index (χ0n) is 20.8. The van der Waals surface area contributed by atoms with Gasteiger partial charge in [-0.1, -0.05) is 29.8 Å². The van der Waals surface area contributed by atoms with Crippen LogP contribution in [-0.4, -0.2) is 88.6 Å². The fourth-order valence-electron chi connectivity index (χ4n) is 4.61. The highest BCUT2D eigenvalue weighted by Crippen LogP contribution is 2.26.